The van der Waals surface area contributed by atoms with Crippen molar-refractivity contribution < 1.29 is 4.79 Å². The second kappa shape index (κ2) is 10.8. The molecule has 0 spiro atoms. The number of rotatable bonds is 9. The number of benzene rings is 1. The number of hydrogen-bond acceptors (Lipinski definition) is 5. The molecule has 34 heavy (non-hydrogen) atoms. The van der Waals surface area contributed by atoms with Gasteiger partial charge < -0.3 is 9.88 Å². The van der Waals surface area contributed by atoms with Gasteiger partial charge in [0.25, 0.3) is 0 Å². The van der Waals surface area contributed by atoms with Crippen molar-refractivity contribution in [1.82, 2.24) is 25.0 Å². The highest BCUT2D eigenvalue weighted by Gasteiger charge is 2.42. The van der Waals surface area contributed by atoms with Gasteiger partial charge in [0.05, 0.1) is 18.3 Å². The molecule has 3 fully saturated rings. The van der Waals surface area contributed by atoms with Crippen molar-refractivity contribution in [2.45, 2.75) is 88.3 Å². The maximum Gasteiger partial charge on any atom is 0.233 e. The Kier molecular flexibility index (Phi) is 7.59. The predicted octanol–water partition coefficient (Wildman–Crippen LogP) is 4.73. The molecule has 5 atom stereocenters. The van der Waals surface area contributed by atoms with Gasteiger partial charge in [0.15, 0.2) is 5.16 Å². The Balaban J connectivity index is 1.26. The Morgan fingerprint density at radius 3 is 2.56 bits per heavy atom. The molecule has 2 heterocycles. The summed E-state index contributed by atoms with van der Waals surface area (Å²) < 4.78 is 2.22. The van der Waals surface area contributed by atoms with E-state index in [0.717, 1.165) is 49.0 Å². The molecule has 0 radical (unpaired) electrons. The molecule has 2 aliphatic carbocycles. The Hall–Kier alpha value is -1.86. The standard InChI is InChI=1S/C27H39N5OS/c1-19(24-16-22-11-12-23(24)15-22)28-26(33)20(2)34-27-30-29-25(18-31-13-7-4-8-14-31)32(27)17-21-9-5-3-6-10-21/h3,5-6,9-10,19-20,22-24H,4,7-8,11-18H2,1-2H3,(H,28,33)/t19-,20+,22+,23+,24-/m0/s1. The fraction of sp³-hybridized carbons (Fsp3) is 0.667. The SMILES string of the molecule is C[C@H](NC(=O)[C@@H](C)Sc1nnc(CN2CCCCC2)n1Cc1ccccc1)[C@@H]1C[C@@H]2CC[C@@H]1C2. The molecule has 1 saturated heterocycles. The largest absolute Gasteiger partial charge is 0.352 e. The molecule has 1 amide bonds. The number of nitrogens with one attached hydrogen (secondary N) is 1. The van der Waals surface area contributed by atoms with Crippen molar-refractivity contribution in [3.8, 4) is 0 Å². The van der Waals surface area contributed by atoms with Crippen molar-refractivity contribution in [2.24, 2.45) is 17.8 Å². The lowest BCUT2D eigenvalue weighted by molar-refractivity contribution is -0.121. The van der Waals surface area contributed by atoms with E-state index in [4.69, 9.17) is 0 Å². The van der Waals surface area contributed by atoms with Gasteiger partial charge >= 0.3 is 0 Å². The topological polar surface area (TPSA) is 63.1 Å². The summed E-state index contributed by atoms with van der Waals surface area (Å²) in [6.07, 6.45) is 9.24. The summed E-state index contributed by atoms with van der Waals surface area (Å²) >= 11 is 1.54. The molecule has 2 bridgehead atoms. The molecule has 2 aromatic rings. The number of thioether (sulfide) groups is 1. The van der Waals surface area contributed by atoms with Crippen LogP contribution in [0.2, 0.25) is 0 Å². The first kappa shape index (κ1) is 23.9. The van der Waals surface area contributed by atoms with E-state index in [1.54, 1.807) is 0 Å². The molecule has 5 rings (SSSR count). The van der Waals surface area contributed by atoms with Crippen LogP contribution in [0, 0.1) is 17.8 Å². The average Bonchev–Trinajstić information content (AvgIpc) is 3.58. The normalized spacial score (nSPS) is 26.5. The number of fused-ring (bicyclic) bond motifs is 2. The predicted molar refractivity (Wildman–Crippen MR) is 137 cm³/mol. The van der Waals surface area contributed by atoms with Crippen LogP contribution in [0.5, 0.6) is 0 Å². The fourth-order valence-electron chi connectivity index (χ4n) is 6.33. The summed E-state index contributed by atoms with van der Waals surface area (Å²) in [6, 6.07) is 10.7. The van der Waals surface area contributed by atoms with Crippen LogP contribution in [-0.4, -0.2) is 50.0 Å². The maximum absolute atomic E-state index is 13.1. The highest BCUT2D eigenvalue weighted by atomic mass is 32.2. The number of amides is 1. The van der Waals surface area contributed by atoms with Gasteiger partial charge in [-0.25, -0.2) is 0 Å². The van der Waals surface area contributed by atoms with Gasteiger partial charge in [0.1, 0.15) is 5.82 Å². The second-order valence-corrected chi connectivity index (χ2v) is 12.0. The van der Waals surface area contributed by atoms with Crippen molar-refractivity contribution in [2.75, 3.05) is 13.1 Å². The Labute approximate surface area is 208 Å². The van der Waals surface area contributed by atoms with E-state index in [1.807, 2.05) is 13.0 Å². The number of nitrogens with zero attached hydrogens (tertiary/aromatic N) is 4. The molecule has 184 valence electrons. The lowest BCUT2D eigenvalue weighted by atomic mass is 9.84. The quantitative estimate of drug-likeness (QED) is 0.525. The van der Waals surface area contributed by atoms with E-state index >= 15 is 0 Å². The molecule has 6 nitrogen and oxygen atoms in total. The third-order valence-electron chi connectivity index (χ3n) is 8.25. The summed E-state index contributed by atoms with van der Waals surface area (Å²) in [5, 5.41) is 13.1. The second-order valence-electron chi connectivity index (χ2n) is 10.7. The lowest BCUT2D eigenvalue weighted by Gasteiger charge is -2.29. The number of carbonyl (C=O) groups excluding carboxylic acids is 1. The van der Waals surface area contributed by atoms with Crippen LogP contribution >= 0.6 is 11.8 Å². The zero-order valence-electron chi connectivity index (χ0n) is 20.7. The molecule has 7 heteroatoms. The van der Waals surface area contributed by atoms with E-state index in [2.05, 4.69) is 56.2 Å². The Morgan fingerprint density at radius 1 is 1.06 bits per heavy atom. The molecule has 0 unspecified atom stereocenters. The molecular formula is C27H39N5OS. The van der Waals surface area contributed by atoms with Crippen LogP contribution in [0.25, 0.3) is 0 Å². The third kappa shape index (κ3) is 5.51. The number of likely N-dealkylation sites (tertiary alicyclic amines) is 1. The first-order valence-electron chi connectivity index (χ1n) is 13.2. The lowest BCUT2D eigenvalue weighted by Crippen LogP contribution is -2.43. The molecule has 1 aromatic carbocycles. The summed E-state index contributed by atoms with van der Waals surface area (Å²) in [5.41, 5.74) is 1.23. The van der Waals surface area contributed by atoms with Gasteiger partial charge in [-0.2, -0.15) is 0 Å². The van der Waals surface area contributed by atoms with Crippen LogP contribution in [0.1, 0.15) is 70.2 Å². The summed E-state index contributed by atoms with van der Waals surface area (Å²) in [5.74, 6) is 3.48. The van der Waals surface area contributed by atoms with Gasteiger partial charge in [-0.3, -0.25) is 9.69 Å². The number of hydrogen-bond donors (Lipinski definition) is 1. The number of carbonyl (C=O) groups is 1. The minimum absolute atomic E-state index is 0.118. The van der Waals surface area contributed by atoms with Crippen molar-refractivity contribution in [1.29, 1.82) is 0 Å². The maximum atomic E-state index is 13.1. The number of piperidine rings is 1. The average molecular weight is 482 g/mol. The van der Waals surface area contributed by atoms with Crippen LogP contribution in [0.4, 0.5) is 0 Å². The molecule has 1 N–H and O–H groups in total. The van der Waals surface area contributed by atoms with E-state index in [9.17, 15) is 4.79 Å². The Morgan fingerprint density at radius 2 is 1.85 bits per heavy atom. The molecule has 1 aliphatic heterocycles. The summed E-state index contributed by atoms with van der Waals surface area (Å²) in [6.45, 7) is 8.01. The minimum atomic E-state index is -0.206. The van der Waals surface area contributed by atoms with Gasteiger partial charge in [0.2, 0.25) is 5.91 Å². The first-order valence-corrected chi connectivity index (χ1v) is 14.1. The smallest absolute Gasteiger partial charge is 0.233 e. The van der Waals surface area contributed by atoms with Crippen LogP contribution < -0.4 is 5.32 Å². The molecule has 2 saturated carbocycles. The summed E-state index contributed by atoms with van der Waals surface area (Å²) in [4.78, 5) is 15.6. The van der Waals surface area contributed by atoms with Crippen molar-refractivity contribution >= 4 is 17.7 Å². The fourth-order valence-corrected chi connectivity index (χ4v) is 7.21. The number of aromatic nitrogens is 3. The van der Waals surface area contributed by atoms with Gasteiger partial charge in [-0.1, -0.05) is 54.9 Å². The molecular weight excluding hydrogens is 442 g/mol. The highest BCUT2D eigenvalue weighted by molar-refractivity contribution is 8.00. The van der Waals surface area contributed by atoms with Crippen molar-refractivity contribution in [3.63, 3.8) is 0 Å². The highest BCUT2D eigenvalue weighted by Crippen LogP contribution is 2.49. The molecule has 3 aliphatic rings. The monoisotopic (exact) mass is 481 g/mol. The first-order chi connectivity index (χ1) is 16.6. The molecule has 1 aromatic heterocycles. The van der Waals surface area contributed by atoms with Crippen LogP contribution in [-0.2, 0) is 17.9 Å². The minimum Gasteiger partial charge on any atom is -0.352 e. The van der Waals surface area contributed by atoms with E-state index in [-0.39, 0.29) is 17.2 Å². The Bertz CT molecular complexity index is 957. The van der Waals surface area contributed by atoms with E-state index in [0.29, 0.717) is 5.92 Å². The van der Waals surface area contributed by atoms with Crippen LogP contribution in [0.3, 0.4) is 0 Å². The zero-order chi connectivity index (χ0) is 23.5. The third-order valence-corrected chi connectivity index (χ3v) is 9.33. The van der Waals surface area contributed by atoms with E-state index in [1.165, 1.54) is 62.3 Å². The van der Waals surface area contributed by atoms with Crippen LogP contribution in [0.15, 0.2) is 35.5 Å². The zero-order valence-corrected chi connectivity index (χ0v) is 21.5. The van der Waals surface area contributed by atoms with Crippen molar-refractivity contribution in [3.05, 3.63) is 41.7 Å². The van der Waals surface area contributed by atoms with Gasteiger partial charge in [-0.05, 0) is 82.4 Å². The summed E-state index contributed by atoms with van der Waals surface area (Å²) in [7, 11) is 0. The van der Waals surface area contributed by atoms with E-state index < -0.39 is 0 Å². The van der Waals surface area contributed by atoms with Gasteiger partial charge in [-0.15, -0.1) is 10.2 Å². The van der Waals surface area contributed by atoms with Gasteiger partial charge in [0, 0.05) is 6.04 Å².